The van der Waals surface area contributed by atoms with Crippen molar-refractivity contribution in [2.45, 2.75) is 13.1 Å². The van der Waals surface area contributed by atoms with Crippen molar-refractivity contribution in [2.24, 2.45) is 0 Å². The number of rotatable bonds is 6. The lowest BCUT2D eigenvalue weighted by atomic mass is 10.1. The number of imide groups is 1. The number of para-hydroxylation sites is 1. The van der Waals surface area contributed by atoms with Crippen LogP contribution in [-0.4, -0.2) is 32.3 Å². The van der Waals surface area contributed by atoms with Crippen LogP contribution in [0.1, 0.15) is 16.8 Å². The molecule has 0 atom stereocenters. The molecule has 0 spiro atoms. The molecular weight excluding hydrogens is 482 g/mol. The SMILES string of the molecule is O=C1S/C(=C\c2cccn2Cc2ccccc2[N+](=O)[O-])C(=O)N1Cc1cc2c(cc1Cl)OCO2. The molecular formula is C23H16ClN3O6S. The second-order valence-electron chi connectivity index (χ2n) is 7.51. The van der Waals surface area contributed by atoms with E-state index in [9.17, 15) is 19.7 Å². The fraction of sp³-hybridized carbons (Fsp3) is 0.130. The topological polar surface area (TPSA) is 104 Å². The first kappa shape index (κ1) is 22.1. The maximum atomic E-state index is 13.0. The summed E-state index contributed by atoms with van der Waals surface area (Å²) >= 11 is 7.14. The van der Waals surface area contributed by atoms with Gasteiger partial charge in [0, 0.05) is 34.6 Å². The molecule has 2 aliphatic heterocycles. The Bertz CT molecular complexity index is 1370. The zero-order chi connectivity index (χ0) is 23.8. The van der Waals surface area contributed by atoms with Crippen molar-refractivity contribution in [3.05, 3.63) is 91.6 Å². The number of hydrogen-bond acceptors (Lipinski definition) is 7. The van der Waals surface area contributed by atoms with Crippen LogP contribution >= 0.6 is 23.4 Å². The molecule has 3 aromatic rings. The number of amides is 2. The summed E-state index contributed by atoms with van der Waals surface area (Å²) in [4.78, 5) is 37.9. The molecule has 172 valence electrons. The molecule has 1 aromatic heterocycles. The minimum absolute atomic E-state index is 0.00526. The van der Waals surface area contributed by atoms with E-state index in [0.717, 1.165) is 16.7 Å². The summed E-state index contributed by atoms with van der Waals surface area (Å²) in [5.41, 5.74) is 1.76. The molecule has 2 aliphatic rings. The summed E-state index contributed by atoms with van der Waals surface area (Å²) in [6, 6.07) is 13.3. The van der Waals surface area contributed by atoms with Gasteiger partial charge in [-0.1, -0.05) is 29.8 Å². The summed E-state index contributed by atoms with van der Waals surface area (Å²) in [7, 11) is 0. The van der Waals surface area contributed by atoms with Crippen LogP contribution in [0.3, 0.4) is 0 Å². The van der Waals surface area contributed by atoms with Crippen molar-refractivity contribution in [1.82, 2.24) is 9.47 Å². The summed E-state index contributed by atoms with van der Waals surface area (Å²) < 4.78 is 12.4. The molecule has 11 heteroatoms. The molecule has 3 heterocycles. The Morgan fingerprint density at radius 3 is 2.62 bits per heavy atom. The van der Waals surface area contributed by atoms with Crippen molar-refractivity contribution in [2.75, 3.05) is 6.79 Å². The van der Waals surface area contributed by atoms with Gasteiger partial charge in [0.2, 0.25) is 6.79 Å². The monoisotopic (exact) mass is 497 g/mol. The molecule has 2 aromatic carbocycles. The van der Waals surface area contributed by atoms with Crippen molar-refractivity contribution in [3.63, 3.8) is 0 Å². The van der Waals surface area contributed by atoms with E-state index >= 15 is 0 Å². The standard InChI is InChI=1S/C23H16ClN3O6S/c24-17-10-20-19(32-13-33-20)8-15(17)12-26-22(28)21(34-23(26)29)9-16-5-3-7-25(16)11-14-4-1-2-6-18(14)27(30)31/h1-10H,11-13H2/b21-9-. The van der Waals surface area contributed by atoms with E-state index < -0.39 is 16.1 Å². The van der Waals surface area contributed by atoms with E-state index in [1.165, 1.54) is 6.07 Å². The van der Waals surface area contributed by atoms with Crippen LogP contribution in [-0.2, 0) is 17.9 Å². The van der Waals surface area contributed by atoms with E-state index in [1.54, 1.807) is 59.3 Å². The fourth-order valence-electron chi connectivity index (χ4n) is 3.73. The third kappa shape index (κ3) is 4.13. The van der Waals surface area contributed by atoms with Crippen LogP contribution in [0.5, 0.6) is 11.5 Å². The van der Waals surface area contributed by atoms with Gasteiger partial charge in [-0.05, 0) is 41.6 Å². The first-order valence-electron chi connectivity index (χ1n) is 10.1. The molecule has 0 unspecified atom stereocenters. The number of aromatic nitrogens is 1. The smallest absolute Gasteiger partial charge is 0.293 e. The average Bonchev–Trinajstić information content (AvgIpc) is 3.51. The molecule has 0 saturated carbocycles. The van der Waals surface area contributed by atoms with Gasteiger partial charge in [0.1, 0.15) is 0 Å². The summed E-state index contributed by atoms with van der Waals surface area (Å²) in [5.74, 6) is 0.583. The normalized spacial score (nSPS) is 16.0. The van der Waals surface area contributed by atoms with Crippen molar-refractivity contribution in [3.8, 4) is 11.5 Å². The lowest BCUT2D eigenvalue weighted by Gasteiger charge is -2.14. The Morgan fingerprint density at radius 1 is 1.06 bits per heavy atom. The predicted octanol–water partition coefficient (Wildman–Crippen LogP) is 5.06. The van der Waals surface area contributed by atoms with Gasteiger partial charge in [-0.15, -0.1) is 0 Å². The number of nitrogens with zero attached hydrogens (tertiary/aromatic N) is 3. The Hall–Kier alpha value is -3.76. The second kappa shape index (κ2) is 8.88. The maximum absolute atomic E-state index is 13.0. The maximum Gasteiger partial charge on any atom is 0.293 e. The quantitative estimate of drug-likeness (QED) is 0.266. The molecule has 0 aliphatic carbocycles. The third-order valence-electron chi connectivity index (χ3n) is 5.42. The van der Waals surface area contributed by atoms with Gasteiger partial charge in [-0.3, -0.25) is 24.6 Å². The number of ether oxygens (including phenoxy) is 2. The van der Waals surface area contributed by atoms with Gasteiger partial charge in [0.15, 0.2) is 11.5 Å². The number of carbonyl (C=O) groups is 2. The Morgan fingerprint density at radius 2 is 1.82 bits per heavy atom. The average molecular weight is 498 g/mol. The molecule has 1 saturated heterocycles. The van der Waals surface area contributed by atoms with Crippen LogP contribution < -0.4 is 9.47 Å². The lowest BCUT2D eigenvalue weighted by molar-refractivity contribution is -0.385. The first-order valence-corrected chi connectivity index (χ1v) is 11.3. The third-order valence-corrected chi connectivity index (χ3v) is 6.68. The Labute approximate surface area is 202 Å². The highest BCUT2D eigenvalue weighted by molar-refractivity contribution is 8.18. The van der Waals surface area contributed by atoms with Crippen molar-refractivity contribution >= 4 is 46.3 Å². The molecule has 2 amide bonds. The Balaban J connectivity index is 1.38. The highest BCUT2D eigenvalue weighted by atomic mass is 35.5. The number of nitro benzene ring substituents is 1. The van der Waals surface area contributed by atoms with E-state index in [-0.39, 0.29) is 30.5 Å². The largest absolute Gasteiger partial charge is 0.454 e. The number of benzene rings is 2. The van der Waals surface area contributed by atoms with Crippen molar-refractivity contribution in [1.29, 1.82) is 0 Å². The van der Waals surface area contributed by atoms with Gasteiger partial charge in [0.05, 0.1) is 22.9 Å². The molecule has 5 rings (SSSR count). The van der Waals surface area contributed by atoms with Gasteiger partial charge in [-0.2, -0.15) is 0 Å². The van der Waals surface area contributed by atoms with Gasteiger partial charge in [0.25, 0.3) is 16.8 Å². The predicted molar refractivity (Wildman–Crippen MR) is 126 cm³/mol. The zero-order valence-corrected chi connectivity index (χ0v) is 19.0. The lowest BCUT2D eigenvalue weighted by Crippen LogP contribution is -2.27. The summed E-state index contributed by atoms with van der Waals surface area (Å²) in [5, 5.41) is 11.3. The molecule has 34 heavy (non-hydrogen) atoms. The van der Waals surface area contributed by atoms with E-state index in [0.29, 0.717) is 33.3 Å². The zero-order valence-electron chi connectivity index (χ0n) is 17.5. The first-order chi connectivity index (χ1) is 16.4. The van der Waals surface area contributed by atoms with Crippen LogP contribution in [0, 0.1) is 10.1 Å². The highest BCUT2D eigenvalue weighted by Gasteiger charge is 2.36. The van der Waals surface area contributed by atoms with Crippen LogP contribution in [0.25, 0.3) is 6.08 Å². The number of carbonyl (C=O) groups excluding carboxylic acids is 2. The summed E-state index contributed by atoms with van der Waals surface area (Å²) in [6.45, 7) is 0.326. The van der Waals surface area contributed by atoms with Crippen LogP contribution in [0.15, 0.2) is 59.6 Å². The summed E-state index contributed by atoms with van der Waals surface area (Å²) in [6.07, 6.45) is 3.38. The molecule has 0 bridgehead atoms. The van der Waals surface area contributed by atoms with Gasteiger partial charge >= 0.3 is 0 Å². The van der Waals surface area contributed by atoms with Crippen molar-refractivity contribution < 1.29 is 24.0 Å². The van der Waals surface area contributed by atoms with Gasteiger partial charge in [-0.25, -0.2) is 0 Å². The Kier molecular flexibility index (Phi) is 5.76. The molecule has 0 N–H and O–H groups in total. The van der Waals surface area contributed by atoms with Crippen LogP contribution in [0.4, 0.5) is 10.5 Å². The minimum atomic E-state index is -0.442. The molecule has 9 nitrogen and oxygen atoms in total. The minimum Gasteiger partial charge on any atom is -0.454 e. The molecule has 0 radical (unpaired) electrons. The fourth-order valence-corrected chi connectivity index (χ4v) is 4.77. The number of halogens is 1. The molecule has 1 fully saturated rings. The van der Waals surface area contributed by atoms with Crippen LogP contribution in [0.2, 0.25) is 5.02 Å². The van der Waals surface area contributed by atoms with E-state index in [2.05, 4.69) is 0 Å². The number of hydrogen-bond donors (Lipinski definition) is 0. The van der Waals surface area contributed by atoms with E-state index in [1.807, 2.05) is 0 Å². The number of thioether (sulfide) groups is 1. The highest BCUT2D eigenvalue weighted by Crippen LogP contribution is 2.39. The number of fused-ring (bicyclic) bond motifs is 1. The second-order valence-corrected chi connectivity index (χ2v) is 8.91. The van der Waals surface area contributed by atoms with Gasteiger partial charge < -0.3 is 14.0 Å². The van der Waals surface area contributed by atoms with E-state index in [4.69, 9.17) is 21.1 Å². The number of nitro groups is 1.